The van der Waals surface area contributed by atoms with E-state index < -0.39 is 34.5 Å². The molecule has 0 aromatic carbocycles. The summed E-state index contributed by atoms with van der Waals surface area (Å²) >= 11 is 6.55. The van der Waals surface area contributed by atoms with E-state index >= 15 is 0 Å². The largest absolute Gasteiger partial charge is 0.417 e. The number of Topliss-reactive ketones (excluding diaryl/α,β-unsaturated/α-hetero) is 2. The van der Waals surface area contributed by atoms with Gasteiger partial charge in [-0.05, 0) is 13.0 Å². The van der Waals surface area contributed by atoms with Crippen LogP contribution in [-0.2, 0) is 17.4 Å². The third-order valence-corrected chi connectivity index (χ3v) is 6.19. The first kappa shape index (κ1) is 27.1. The van der Waals surface area contributed by atoms with Crippen LogP contribution in [0.15, 0.2) is 30.9 Å². The van der Waals surface area contributed by atoms with Crippen LogP contribution < -0.4 is 16.4 Å². The fourth-order valence-corrected chi connectivity index (χ4v) is 3.90. The zero-order valence-corrected chi connectivity index (χ0v) is 20.2. The van der Waals surface area contributed by atoms with Crippen LogP contribution in [0.25, 0.3) is 0 Å². The Labute approximate surface area is 211 Å². The van der Waals surface area contributed by atoms with Crippen LogP contribution in [0.4, 0.5) is 19.0 Å². The maximum atomic E-state index is 13.0. The van der Waals surface area contributed by atoms with Crippen molar-refractivity contribution in [3.63, 3.8) is 0 Å². The minimum atomic E-state index is -4.68. The van der Waals surface area contributed by atoms with Gasteiger partial charge in [-0.15, -0.1) is 11.3 Å². The third kappa shape index (κ3) is 7.02. The van der Waals surface area contributed by atoms with Gasteiger partial charge in [0.2, 0.25) is 0 Å². The molecule has 0 saturated carbocycles. The van der Waals surface area contributed by atoms with Crippen LogP contribution in [0.2, 0.25) is 5.02 Å². The maximum Gasteiger partial charge on any atom is 0.417 e. The van der Waals surface area contributed by atoms with E-state index in [2.05, 4.69) is 30.6 Å². The lowest BCUT2D eigenvalue weighted by Gasteiger charge is -2.11. The third-order valence-electron chi connectivity index (χ3n) is 4.67. The van der Waals surface area contributed by atoms with Gasteiger partial charge < -0.3 is 16.4 Å². The molecule has 0 spiro atoms. The molecule has 0 aliphatic heterocycles. The summed E-state index contributed by atoms with van der Waals surface area (Å²) < 4.78 is 39.1. The number of amides is 1. The van der Waals surface area contributed by atoms with Gasteiger partial charge in [0.15, 0.2) is 11.6 Å². The van der Waals surface area contributed by atoms with Crippen LogP contribution >= 0.6 is 22.9 Å². The van der Waals surface area contributed by atoms with E-state index in [1.807, 2.05) is 0 Å². The lowest BCUT2D eigenvalue weighted by Crippen LogP contribution is -2.28. The molecule has 0 aliphatic rings. The quantitative estimate of drug-likeness (QED) is 0.329. The standard InChI is InChI=1S/C21H19ClF3N7O3S/c1-10(32-19(35)15-4-18(31-9-30-15)28-6-12(33)5-26)20-29-8-17(36-20)16(34)3-11-2-13(21(23,24)25)14(22)7-27-11/h2,4,7-10H,3,5-6,26H2,1H3,(H,32,35)(H,28,30,31). The second kappa shape index (κ2) is 11.5. The summed E-state index contributed by atoms with van der Waals surface area (Å²) in [6.07, 6.45) is -1.76. The highest BCUT2D eigenvalue weighted by molar-refractivity contribution is 7.13. The number of carbonyl (C=O) groups is 3. The monoisotopic (exact) mass is 541 g/mol. The van der Waals surface area contributed by atoms with E-state index in [1.165, 1.54) is 12.3 Å². The zero-order valence-electron chi connectivity index (χ0n) is 18.6. The Morgan fingerprint density at radius 2 is 1.89 bits per heavy atom. The van der Waals surface area contributed by atoms with Gasteiger partial charge in [0.25, 0.3) is 5.91 Å². The fraction of sp³-hybridized carbons (Fsp3) is 0.286. The molecule has 15 heteroatoms. The van der Waals surface area contributed by atoms with E-state index in [0.717, 1.165) is 29.9 Å². The number of thiazole rings is 1. The number of rotatable bonds is 10. The number of hydrogen-bond acceptors (Lipinski definition) is 10. The molecule has 4 N–H and O–H groups in total. The van der Waals surface area contributed by atoms with Crippen molar-refractivity contribution in [1.82, 2.24) is 25.3 Å². The first-order valence-corrected chi connectivity index (χ1v) is 11.5. The molecule has 0 aliphatic carbocycles. The summed E-state index contributed by atoms with van der Waals surface area (Å²) in [5.74, 6) is -1.02. The Bertz CT molecular complexity index is 1290. The van der Waals surface area contributed by atoms with Gasteiger partial charge >= 0.3 is 6.18 Å². The van der Waals surface area contributed by atoms with Crippen molar-refractivity contribution < 1.29 is 27.6 Å². The van der Waals surface area contributed by atoms with Crippen molar-refractivity contribution in [2.75, 3.05) is 18.4 Å². The maximum absolute atomic E-state index is 13.0. The predicted octanol–water partition coefficient (Wildman–Crippen LogP) is 2.86. The molecule has 0 fully saturated rings. The second-order valence-corrected chi connectivity index (χ2v) is 8.87. The molecule has 190 valence electrons. The van der Waals surface area contributed by atoms with Gasteiger partial charge in [0.05, 0.1) is 41.0 Å². The van der Waals surface area contributed by atoms with Gasteiger partial charge in [-0.25, -0.2) is 15.0 Å². The molecule has 0 radical (unpaired) electrons. The lowest BCUT2D eigenvalue weighted by molar-refractivity contribution is -0.137. The number of pyridine rings is 1. The average molecular weight is 542 g/mol. The molecule has 3 aromatic rings. The zero-order chi connectivity index (χ0) is 26.5. The van der Waals surface area contributed by atoms with Gasteiger partial charge in [-0.1, -0.05) is 11.6 Å². The molecule has 0 bridgehead atoms. The molecule has 0 saturated heterocycles. The number of nitrogens with one attached hydrogen (secondary N) is 2. The molecular weight excluding hydrogens is 523 g/mol. The number of aromatic nitrogens is 4. The average Bonchev–Trinajstić information content (AvgIpc) is 3.34. The van der Waals surface area contributed by atoms with Crippen molar-refractivity contribution in [1.29, 1.82) is 0 Å². The van der Waals surface area contributed by atoms with Crippen molar-refractivity contribution in [2.45, 2.75) is 25.6 Å². The van der Waals surface area contributed by atoms with Crippen molar-refractivity contribution in [3.8, 4) is 0 Å². The number of carbonyl (C=O) groups excluding carboxylic acids is 3. The Kier molecular flexibility index (Phi) is 8.66. The SMILES string of the molecule is CC(NC(=O)c1cc(NCC(=O)CN)ncn1)c1ncc(C(=O)Cc2cc(C(F)(F)F)c(Cl)cn2)s1. The summed E-state index contributed by atoms with van der Waals surface area (Å²) in [6.45, 7) is 1.46. The van der Waals surface area contributed by atoms with Crippen molar-refractivity contribution >= 4 is 46.2 Å². The summed E-state index contributed by atoms with van der Waals surface area (Å²) in [7, 11) is 0. The Balaban J connectivity index is 1.64. The predicted molar refractivity (Wildman–Crippen MR) is 125 cm³/mol. The number of nitrogens with zero attached hydrogens (tertiary/aromatic N) is 4. The summed E-state index contributed by atoms with van der Waals surface area (Å²) in [6, 6.07) is 1.48. The minimum absolute atomic E-state index is 0.0293. The Morgan fingerprint density at radius 3 is 2.58 bits per heavy atom. The van der Waals surface area contributed by atoms with Crippen LogP contribution in [0.1, 0.15) is 49.4 Å². The van der Waals surface area contributed by atoms with Crippen molar-refractivity contribution in [3.05, 3.63) is 62.7 Å². The van der Waals surface area contributed by atoms with E-state index in [0.29, 0.717) is 5.01 Å². The van der Waals surface area contributed by atoms with E-state index in [-0.39, 0.29) is 47.4 Å². The van der Waals surface area contributed by atoms with Crippen LogP contribution in [0, 0.1) is 0 Å². The summed E-state index contributed by atoms with van der Waals surface area (Å²) in [4.78, 5) is 52.5. The minimum Gasteiger partial charge on any atom is -0.363 e. The number of nitrogens with two attached hydrogens (primary N) is 1. The summed E-state index contributed by atoms with van der Waals surface area (Å²) in [5, 5.41) is 5.27. The molecule has 1 unspecified atom stereocenters. The van der Waals surface area contributed by atoms with Gasteiger partial charge in [-0.3, -0.25) is 19.4 Å². The van der Waals surface area contributed by atoms with Crippen LogP contribution in [0.3, 0.4) is 0 Å². The number of halogens is 4. The smallest absolute Gasteiger partial charge is 0.363 e. The van der Waals surface area contributed by atoms with E-state index in [9.17, 15) is 27.6 Å². The summed E-state index contributed by atoms with van der Waals surface area (Å²) in [5.41, 5.74) is 4.12. The van der Waals surface area contributed by atoms with Gasteiger partial charge in [0, 0.05) is 24.2 Å². The first-order valence-electron chi connectivity index (χ1n) is 10.3. The van der Waals surface area contributed by atoms with Crippen LogP contribution in [-0.4, -0.2) is 50.5 Å². The molecule has 10 nitrogen and oxygen atoms in total. The molecular formula is C21H19ClF3N7O3S. The number of alkyl halides is 3. The number of ketones is 2. The molecule has 36 heavy (non-hydrogen) atoms. The highest BCUT2D eigenvalue weighted by Crippen LogP contribution is 2.34. The van der Waals surface area contributed by atoms with E-state index in [4.69, 9.17) is 17.3 Å². The number of anilines is 1. The first-order chi connectivity index (χ1) is 17.0. The van der Waals surface area contributed by atoms with Crippen LogP contribution in [0.5, 0.6) is 0 Å². The molecule has 3 aromatic heterocycles. The highest BCUT2D eigenvalue weighted by atomic mass is 35.5. The van der Waals surface area contributed by atoms with Gasteiger partial charge in [-0.2, -0.15) is 13.2 Å². The van der Waals surface area contributed by atoms with Crippen molar-refractivity contribution in [2.24, 2.45) is 5.73 Å². The fourth-order valence-electron chi connectivity index (χ4n) is 2.84. The molecule has 3 rings (SSSR count). The second-order valence-electron chi connectivity index (χ2n) is 7.40. The molecule has 3 heterocycles. The van der Waals surface area contributed by atoms with Gasteiger partial charge in [0.1, 0.15) is 22.8 Å². The molecule has 1 atom stereocenters. The molecule has 1 amide bonds. The number of hydrogen-bond donors (Lipinski definition) is 3. The normalized spacial score (nSPS) is 12.2. The Hall–Kier alpha value is -3.49. The highest BCUT2D eigenvalue weighted by Gasteiger charge is 2.34. The topological polar surface area (TPSA) is 153 Å². The van der Waals surface area contributed by atoms with E-state index in [1.54, 1.807) is 6.92 Å². The lowest BCUT2D eigenvalue weighted by atomic mass is 10.1. The Morgan fingerprint density at radius 1 is 1.14 bits per heavy atom.